The van der Waals surface area contributed by atoms with Crippen molar-refractivity contribution in [3.05, 3.63) is 114 Å². The zero-order valence-corrected chi connectivity index (χ0v) is 18.6. The van der Waals surface area contributed by atoms with Gasteiger partial charge in [-0.15, -0.1) is 4.52 Å². The van der Waals surface area contributed by atoms with E-state index in [9.17, 15) is 0 Å². The lowest BCUT2D eigenvalue weighted by molar-refractivity contribution is -0.557. The van der Waals surface area contributed by atoms with Gasteiger partial charge in [-0.2, -0.15) is 4.57 Å². The van der Waals surface area contributed by atoms with E-state index in [0.717, 1.165) is 56.1 Å². The molecule has 158 valence electrons. The number of aryl methyl sites for hydroxylation is 2. The van der Waals surface area contributed by atoms with Crippen LogP contribution in [0.4, 0.5) is 0 Å². The fraction of sp³-hybridized carbons (Fsp3) is 0.0690. The molecule has 33 heavy (non-hydrogen) atoms. The Morgan fingerprint density at radius 1 is 0.697 bits per heavy atom. The van der Waals surface area contributed by atoms with Gasteiger partial charge in [0.25, 0.3) is 0 Å². The van der Waals surface area contributed by atoms with Crippen molar-refractivity contribution in [1.29, 1.82) is 0 Å². The lowest BCUT2D eigenvalue weighted by Crippen LogP contribution is -2.35. The Labute approximate surface area is 192 Å². The third kappa shape index (κ3) is 3.19. The van der Waals surface area contributed by atoms with Crippen molar-refractivity contribution in [1.82, 2.24) is 14.6 Å². The highest BCUT2D eigenvalue weighted by Crippen LogP contribution is 2.30. The van der Waals surface area contributed by atoms with Crippen molar-refractivity contribution in [2.45, 2.75) is 13.8 Å². The summed E-state index contributed by atoms with van der Waals surface area (Å²) in [5.41, 5.74) is 9.39. The monoisotopic (exact) mass is 427 g/mol. The van der Waals surface area contributed by atoms with E-state index in [0.29, 0.717) is 0 Å². The predicted molar refractivity (Wildman–Crippen MR) is 132 cm³/mol. The maximum Gasteiger partial charge on any atom is 0.365 e. The average Bonchev–Trinajstić information content (AvgIpc) is 3.24. The molecule has 0 N–H and O–H groups in total. The molecular weight excluding hydrogens is 404 g/mol. The third-order valence-electron chi connectivity index (χ3n) is 6.05. The second-order valence-corrected chi connectivity index (χ2v) is 8.33. The van der Waals surface area contributed by atoms with E-state index in [1.807, 2.05) is 29.6 Å². The van der Waals surface area contributed by atoms with Crippen LogP contribution in [0.15, 0.2) is 103 Å². The van der Waals surface area contributed by atoms with Gasteiger partial charge in [0.2, 0.25) is 0 Å². The average molecular weight is 428 g/mol. The van der Waals surface area contributed by atoms with Crippen molar-refractivity contribution in [2.24, 2.45) is 0 Å². The summed E-state index contributed by atoms with van der Waals surface area (Å²) in [6.07, 6.45) is 0. The highest BCUT2D eigenvalue weighted by atomic mass is 15.3. The molecule has 6 aromatic rings. The summed E-state index contributed by atoms with van der Waals surface area (Å²) in [6.45, 7) is 4.20. The molecule has 6 rings (SSSR count). The summed E-state index contributed by atoms with van der Waals surface area (Å²) in [5, 5.41) is 6.24. The number of benzene rings is 3. The molecule has 3 aromatic heterocycles. The quantitative estimate of drug-likeness (QED) is 0.319. The van der Waals surface area contributed by atoms with E-state index in [-0.39, 0.29) is 0 Å². The first-order chi connectivity index (χ1) is 16.2. The minimum atomic E-state index is 0.880. The highest BCUT2D eigenvalue weighted by Gasteiger charge is 2.27. The molecule has 0 fully saturated rings. The predicted octanol–water partition coefficient (Wildman–Crippen LogP) is 6.11. The SMILES string of the molecule is Cc1cc(-c2ccccc2)n2nc3c(c(C)cc(-c4ccccc4)[n+]3-c3ccccc3)c2n1. The first kappa shape index (κ1) is 19.4. The Hall–Kier alpha value is -4.31. The molecule has 0 atom stereocenters. The van der Waals surface area contributed by atoms with Gasteiger partial charge in [-0.05, 0) is 43.7 Å². The Kier molecular flexibility index (Phi) is 4.51. The largest absolute Gasteiger partial charge is 0.365 e. The zero-order valence-electron chi connectivity index (χ0n) is 18.6. The number of hydrogen-bond acceptors (Lipinski definition) is 2. The van der Waals surface area contributed by atoms with Crippen LogP contribution in [-0.2, 0) is 0 Å². The number of para-hydroxylation sites is 1. The van der Waals surface area contributed by atoms with Crippen LogP contribution in [-0.4, -0.2) is 14.6 Å². The Balaban J connectivity index is 1.78. The normalized spacial score (nSPS) is 11.3. The number of aromatic nitrogens is 4. The van der Waals surface area contributed by atoms with Crippen LogP contribution >= 0.6 is 0 Å². The molecule has 4 nitrogen and oxygen atoms in total. The number of fused-ring (bicyclic) bond motifs is 3. The van der Waals surface area contributed by atoms with Crippen LogP contribution in [0, 0.1) is 13.8 Å². The molecule has 4 heteroatoms. The zero-order chi connectivity index (χ0) is 22.4. The van der Waals surface area contributed by atoms with Crippen LogP contribution in [0.1, 0.15) is 11.3 Å². The molecule has 0 aliphatic heterocycles. The van der Waals surface area contributed by atoms with Crippen molar-refractivity contribution in [3.8, 4) is 28.2 Å². The number of hydrogen-bond donors (Lipinski definition) is 0. The van der Waals surface area contributed by atoms with E-state index in [2.05, 4.69) is 96.4 Å². The van der Waals surface area contributed by atoms with Crippen LogP contribution in [0.5, 0.6) is 0 Å². The molecule has 3 heterocycles. The molecule has 0 saturated carbocycles. The van der Waals surface area contributed by atoms with E-state index < -0.39 is 0 Å². The first-order valence-corrected chi connectivity index (χ1v) is 11.1. The van der Waals surface area contributed by atoms with Crippen molar-refractivity contribution >= 4 is 16.7 Å². The Bertz CT molecular complexity index is 1600. The van der Waals surface area contributed by atoms with E-state index in [1.54, 1.807) is 0 Å². The summed E-state index contributed by atoms with van der Waals surface area (Å²) in [5.74, 6) is 0. The summed E-state index contributed by atoms with van der Waals surface area (Å²) in [6, 6.07) is 35.7. The minimum Gasteiger partial charge on any atom is -0.231 e. The maximum absolute atomic E-state index is 5.17. The van der Waals surface area contributed by atoms with Gasteiger partial charge in [-0.1, -0.05) is 78.9 Å². The van der Waals surface area contributed by atoms with Gasteiger partial charge in [0.15, 0.2) is 5.65 Å². The number of rotatable bonds is 3. The molecule has 0 bridgehead atoms. The van der Waals surface area contributed by atoms with E-state index >= 15 is 0 Å². The van der Waals surface area contributed by atoms with Gasteiger partial charge >= 0.3 is 5.65 Å². The molecule has 0 saturated heterocycles. The summed E-state index contributed by atoms with van der Waals surface area (Å²) in [7, 11) is 0. The van der Waals surface area contributed by atoms with Crippen LogP contribution in [0.25, 0.3) is 44.9 Å². The summed E-state index contributed by atoms with van der Waals surface area (Å²) < 4.78 is 4.24. The fourth-order valence-corrected chi connectivity index (χ4v) is 4.57. The summed E-state index contributed by atoms with van der Waals surface area (Å²) in [4.78, 5) is 4.94. The molecule has 0 amide bonds. The third-order valence-corrected chi connectivity index (χ3v) is 6.05. The van der Waals surface area contributed by atoms with Crippen LogP contribution < -0.4 is 4.57 Å². The first-order valence-electron chi connectivity index (χ1n) is 11.1. The molecule has 0 aliphatic rings. The fourth-order valence-electron chi connectivity index (χ4n) is 4.57. The standard InChI is InChI=1S/C29H23N4/c1-20-18-25(22-12-6-3-7-13-22)32(24-16-10-5-11-17-24)29-27(20)28-30-21(2)19-26(33(28)31-29)23-14-8-4-9-15-23/h3-19H,1-2H3/q+1. The van der Waals surface area contributed by atoms with Crippen LogP contribution in [0.3, 0.4) is 0 Å². The number of pyridine rings is 1. The van der Waals surface area contributed by atoms with E-state index in [1.165, 1.54) is 0 Å². The van der Waals surface area contributed by atoms with E-state index in [4.69, 9.17) is 10.1 Å². The molecule has 0 unspecified atom stereocenters. The second kappa shape index (κ2) is 7.68. The number of nitrogens with zero attached hydrogens (tertiary/aromatic N) is 4. The molecular formula is C29H23N4+. The van der Waals surface area contributed by atoms with Crippen LogP contribution in [0.2, 0.25) is 0 Å². The minimum absolute atomic E-state index is 0.880. The van der Waals surface area contributed by atoms with Gasteiger partial charge < -0.3 is 0 Å². The smallest absolute Gasteiger partial charge is 0.231 e. The molecule has 0 spiro atoms. The van der Waals surface area contributed by atoms with Gasteiger partial charge in [0, 0.05) is 16.8 Å². The topological polar surface area (TPSA) is 34.1 Å². The van der Waals surface area contributed by atoms with Crippen molar-refractivity contribution in [3.63, 3.8) is 0 Å². The van der Waals surface area contributed by atoms with Crippen molar-refractivity contribution in [2.75, 3.05) is 0 Å². The Morgan fingerprint density at radius 3 is 1.97 bits per heavy atom. The summed E-state index contributed by atoms with van der Waals surface area (Å²) >= 11 is 0. The molecule has 0 radical (unpaired) electrons. The molecule has 0 aliphatic carbocycles. The van der Waals surface area contributed by atoms with Gasteiger partial charge in [0.1, 0.15) is 16.8 Å². The van der Waals surface area contributed by atoms with Gasteiger partial charge in [-0.25, -0.2) is 4.98 Å². The highest BCUT2D eigenvalue weighted by molar-refractivity contribution is 5.93. The van der Waals surface area contributed by atoms with Gasteiger partial charge in [-0.3, -0.25) is 0 Å². The van der Waals surface area contributed by atoms with Crippen molar-refractivity contribution < 1.29 is 4.57 Å². The lowest BCUT2D eigenvalue weighted by atomic mass is 10.1. The van der Waals surface area contributed by atoms with Gasteiger partial charge in [0.05, 0.1) is 10.8 Å². The lowest BCUT2D eigenvalue weighted by Gasteiger charge is -2.09. The Morgan fingerprint density at radius 2 is 1.30 bits per heavy atom. The second-order valence-electron chi connectivity index (χ2n) is 8.33. The molecule has 3 aromatic carbocycles. The maximum atomic E-state index is 5.17.